The first-order valence-electron chi connectivity index (χ1n) is 9.16. The highest BCUT2D eigenvalue weighted by Gasteiger charge is 2.13. The summed E-state index contributed by atoms with van der Waals surface area (Å²) in [6.45, 7) is 0. The highest BCUT2D eigenvalue weighted by Crippen LogP contribution is 2.28. The molecule has 0 aliphatic rings. The average molecular weight is 428 g/mol. The molecule has 6 nitrogen and oxygen atoms in total. The minimum atomic E-state index is -0.416. The number of ether oxygens (including phenoxy) is 2. The van der Waals surface area contributed by atoms with Crippen LogP contribution in [0.15, 0.2) is 54.6 Å². The van der Waals surface area contributed by atoms with E-state index in [0.29, 0.717) is 22.8 Å². The lowest BCUT2D eigenvalue weighted by atomic mass is 10.1. The second kappa shape index (κ2) is 9.89. The second-order valence-electron chi connectivity index (χ2n) is 6.35. The van der Waals surface area contributed by atoms with Gasteiger partial charge in [-0.25, -0.2) is 4.39 Å². The number of halogens is 1. The lowest BCUT2D eigenvalue weighted by Crippen LogP contribution is -2.41. The molecule has 2 aromatic carbocycles. The zero-order valence-corrected chi connectivity index (χ0v) is 17.3. The van der Waals surface area contributed by atoms with Gasteiger partial charge in [0.1, 0.15) is 17.3 Å². The number of thiophene rings is 1. The third-order valence-corrected chi connectivity index (χ3v) is 5.52. The molecule has 0 aliphatic heterocycles. The number of hydrazine groups is 1. The number of carbonyl (C=O) groups excluding carboxylic acids is 2. The normalized spacial score (nSPS) is 10.4. The number of hydrogen-bond donors (Lipinski definition) is 2. The predicted octanol–water partition coefficient (Wildman–Crippen LogP) is 3.97. The smallest absolute Gasteiger partial charge is 0.279 e. The Morgan fingerprint density at radius 3 is 2.43 bits per heavy atom. The molecule has 3 aromatic rings. The molecule has 0 bridgehead atoms. The summed E-state index contributed by atoms with van der Waals surface area (Å²) in [6, 6.07) is 14.9. The Morgan fingerprint density at radius 1 is 0.967 bits per heavy atom. The molecule has 2 amide bonds. The summed E-state index contributed by atoms with van der Waals surface area (Å²) in [6.07, 6.45) is 0.588. The minimum Gasteiger partial charge on any atom is -0.497 e. The quantitative estimate of drug-likeness (QED) is 0.559. The monoisotopic (exact) mass is 428 g/mol. The number of hydrogen-bond acceptors (Lipinski definition) is 5. The van der Waals surface area contributed by atoms with Gasteiger partial charge in [-0.05, 0) is 60.0 Å². The zero-order chi connectivity index (χ0) is 21.5. The van der Waals surface area contributed by atoms with Crippen LogP contribution < -0.4 is 20.3 Å². The number of benzene rings is 2. The number of methoxy groups -OCH3 is 2. The number of carbonyl (C=O) groups is 2. The van der Waals surface area contributed by atoms with Crippen molar-refractivity contribution < 1.29 is 23.5 Å². The van der Waals surface area contributed by atoms with Gasteiger partial charge in [-0.3, -0.25) is 20.4 Å². The molecule has 1 heterocycles. The molecule has 156 valence electrons. The van der Waals surface area contributed by atoms with Crippen LogP contribution >= 0.6 is 11.3 Å². The van der Waals surface area contributed by atoms with E-state index in [4.69, 9.17) is 9.47 Å². The summed E-state index contributed by atoms with van der Waals surface area (Å²) in [7, 11) is 3.13. The van der Waals surface area contributed by atoms with E-state index in [1.807, 2.05) is 6.07 Å². The van der Waals surface area contributed by atoms with E-state index in [0.717, 1.165) is 16.0 Å². The van der Waals surface area contributed by atoms with Crippen molar-refractivity contribution in [3.8, 4) is 21.9 Å². The van der Waals surface area contributed by atoms with Crippen LogP contribution in [-0.2, 0) is 11.2 Å². The molecule has 8 heteroatoms. The Balaban J connectivity index is 1.53. The maximum Gasteiger partial charge on any atom is 0.279 e. The molecule has 0 atom stereocenters. The number of nitrogens with one attached hydrogen (secondary N) is 2. The van der Waals surface area contributed by atoms with E-state index in [2.05, 4.69) is 10.9 Å². The maximum absolute atomic E-state index is 13.0. The first-order chi connectivity index (χ1) is 14.5. The van der Waals surface area contributed by atoms with Gasteiger partial charge in [-0.1, -0.05) is 12.1 Å². The molecule has 0 unspecified atom stereocenters. The maximum atomic E-state index is 13.0. The molecular weight excluding hydrogens is 407 g/mol. The summed E-state index contributed by atoms with van der Waals surface area (Å²) in [4.78, 5) is 25.7. The molecule has 0 radical (unpaired) electrons. The first kappa shape index (κ1) is 21.3. The van der Waals surface area contributed by atoms with E-state index in [1.165, 1.54) is 23.5 Å². The molecule has 2 N–H and O–H groups in total. The van der Waals surface area contributed by atoms with Crippen LogP contribution in [0.5, 0.6) is 11.5 Å². The molecule has 0 spiro atoms. The standard InChI is InChI=1S/C22H21FN2O4S/c1-28-17-8-9-18(29-2)15(13-17)5-12-21(26)24-25-22(27)20-11-10-19(30-20)14-3-6-16(23)7-4-14/h3-4,6-11,13H,5,12H2,1-2H3,(H,24,26)(H,25,27). The largest absolute Gasteiger partial charge is 0.497 e. The summed E-state index contributed by atoms with van der Waals surface area (Å²) < 4.78 is 23.5. The fourth-order valence-electron chi connectivity index (χ4n) is 2.81. The molecule has 30 heavy (non-hydrogen) atoms. The lowest BCUT2D eigenvalue weighted by molar-refractivity contribution is -0.121. The van der Waals surface area contributed by atoms with Crippen LogP contribution in [0.2, 0.25) is 0 Å². The van der Waals surface area contributed by atoms with Crippen molar-refractivity contribution in [2.45, 2.75) is 12.8 Å². The topological polar surface area (TPSA) is 76.7 Å². The van der Waals surface area contributed by atoms with E-state index in [-0.39, 0.29) is 18.1 Å². The third-order valence-electron chi connectivity index (χ3n) is 4.38. The third kappa shape index (κ3) is 5.36. The summed E-state index contributed by atoms with van der Waals surface area (Å²) >= 11 is 1.25. The van der Waals surface area contributed by atoms with Gasteiger partial charge < -0.3 is 9.47 Å². The first-order valence-corrected chi connectivity index (χ1v) is 9.97. The van der Waals surface area contributed by atoms with Crippen LogP contribution in [0.3, 0.4) is 0 Å². The van der Waals surface area contributed by atoms with Crippen molar-refractivity contribution in [1.82, 2.24) is 10.9 Å². The molecule has 0 saturated heterocycles. The highest BCUT2D eigenvalue weighted by atomic mass is 32.1. The summed E-state index contributed by atoms with van der Waals surface area (Å²) in [5, 5.41) is 0. The molecular formula is C22H21FN2O4S. The van der Waals surface area contributed by atoms with E-state index < -0.39 is 5.91 Å². The van der Waals surface area contributed by atoms with Crippen molar-refractivity contribution in [2.24, 2.45) is 0 Å². The van der Waals surface area contributed by atoms with Crippen LogP contribution in [0.1, 0.15) is 21.7 Å². The van der Waals surface area contributed by atoms with Gasteiger partial charge in [-0.2, -0.15) is 0 Å². The molecule has 1 aromatic heterocycles. The van der Waals surface area contributed by atoms with Crippen LogP contribution in [0.4, 0.5) is 4.39 Å². The molecule has 0 aliphatic carbocycles. The Hall–Kier alpha value is -3.39. The molecule has 0 fully saturated rings. The number of amides is 2. The van der Waals surface area contributed by atoms with Gasteiger partial charge in [0.15, 0.2) is 0 Å². The zero-order valence-electron chi connectivity index (χ0n) is 16.5. The second-order valence-corrected chi connectivity index (χ2v) is 7.43. The van der Waals surface area contributed by atoms with Crippen molar-refractivity contribution in [1.29, 1.82) is 0 Å². The van der Waals surface area contributed by atoms with Gasteiger partial charge in [0.05, 0.1) is 19.1 Å². The van der Waals surface area contributed by atoms with Gasteiger partial charge in [0.25, 0.3) is 5.91 Å². The van der Waals surface area contributed by atoms with Crippen LogP contribution in [-0.4, -0.2) is 26.0 Å². The van der Waals surface area contributed by atoms with Gasteiger partial charge >= 0.3 is 0 Å². The summed E-state index contributed by atoms with van der Waals surface area (Å²) in [5.74, 6) is 0.278. The van der Waals surface area contributed by atoms with Crippen molar-refractivity contribution in [3.05, 3.63) is 70.9 Å². The minimum absolute atomic E-state index is 0.162. The van der Waals surface area contributed by atoms with E-state index >= 15 is 0 Å². The lowest BCUT2D eigenvalue weighted by Gasteiger charge is -2.11. The SMILES string of the molecule is COc1ccc(OC)c(CCC(=O)NNC(=O)c2ccc(-c3ccc(F)cc3)s2)c1. The molecule has 3 rings (SSSR count). The van der Waals surface area contributed by atoms with Gasteiger partial charge in [-0.15, -0.1) is 11.3 Å². The van der Waals surface area contributed by atoms with E-state index in [1.54, 1.807) is 50.6 Å². The Bertz CT molecular complexity index is 1030. The Morgan fingerprint density at radius 2 is 1.73 bits per heavy atom. The summed E-state index contributed by atoms with van der Waals surface area (Å²) in [5.41, 5.74) is 6.49. The fraction of sp³-hybridized carbons (Fsp3) is 0.182. The van der Waals surface area contributed by atoms with Gasteiger partial charge in [0.2, 0.25) is 5.91 Å². The average Bonchev–Trinajstić information content (AvgIpc) is 3.26. The van der Waals surface area contributed by atoms with Gasteiger partial charge in [0, 0.05) is 11.3 Å². The van der Waals surface area contributed by atoms with Crippen LogP contribution in [0.25, 0.3) is 10.4 Å². The fourth-order valence-corrected chi connectivity index (χ4v) is 3.71. The van der Waals surface area contributed by atoms with Crippen molar-refractivity contribution in [3.63, 3.8) is 0 Å². The van der Waals surface area contributed by atoms with Crippen molar-refractivity contribution in [2.75, 3.05) is 14.2 Å². The van der Waals surface area contributed by atoms with Crippen molar-refractivity contribution >= 4 is 23.2 Å². The van der Waals surface area contributed by atoms with E-state index in [9.17, 15) is 14.0 Å². The van der Waals surface area contributed by atoms with Crippen LogP contribution in [0, 0.1) is 5.82 Å². The highest BCUT2D eigenvalue weighted by molar-refractivity contribution is 7.17. The number of aryl methyl sites for hydroxylation is 1. The molecule has 0 saturated carbocycles. The predicted molar refractivity (Wildman–Crippen MR) is 113 cm³/mol. The Kier molecular flexibility index (Phi) is 7.03. The Labute approximate surface area is 177 Å². The number of rotatable bonds is 7.